The lowest BCUT2D eigenvalue weighted by atomic mass is 9.79. The van der Waals surface area contributed by atoms with E-state index in [4.69, 9.17) is 11.6 Å². The Morgan fingerprint density at radius 1 is 0.943 bits per heavy atom. The molecule has 0 radical (unpaired) electrons. The number of aromatic nitrogens is 4. The molecular formula is C27H36ClN7. The summed E-state index contributed by atoms with van der Waals surface area (Å²) in [6.07, 6.45) is 11.0. The van der Waals surface area contributed by atoms with Crippen LogP contribution in [0.15, 0.2) is 24.4 Å². The number of hydrogen-bond acceptors (Lipinski definition) is 6. The highest BCUT2D eigenvalue weighted by Gasteiger charge is 2.28. The second kappa shape index (κ2) is 10.5. The Morgan fingerprint density at radius 3 is 2.43 bits per heavy atom. The van der Waals surface area contributed by atoms with E-state index in [-0.39, 0.29) is 0 Å². The molecule has 5 rings (SSSR count). The van der Waals surface area contributed by atoms with Gasteiger partial charge in [0.25, 0.3) is 0 Å². The van der Waals surface area contributed by atoms with Crippen LogP contribution in [-0.4, -0.2) is 44.2 Å². The van der Waals surface area contributed by atoms with Crippen molar-refractivity contribution in [2.75, 3.05) is 23.7 Å². The lowest BCUT2D eigenvalue weighted by Gasteiger charge is -2.39. The third-order valence-corrected chi connectivity index (χ3v) is 7.88. The van der Waals surface area contributed by atoms with E-state index in [0.717, 1.165) is 17.4 Å². The summed E-state index contributed by atoms with van der Waals surface area (Å²) >= 11 is 6.32. The Kier molecular flexibility index (Phi) is 7.25. The number of likely N-dealkylation sites (tertiary alicyclic amines) is 1. The first kappa shape index (κ1) is 24.1. The largest absolute Gasteiger partial charge is 0.324 e. The number of aromatic amines is 1. The molecule has 3 aromatic rings. The molecule has 2 aromatic heterocycles. The minimum absolute atomic E-state index is 0.444. The third-order valence-electron chi connectivity index (χ3n) is 7.60. The van der Waals surface area contributed by atoms with Crippen molar-refractivity contribution in [1.29, 1.82) is 0 Å². The third kappa shape index (κ3) is 5.62. The molecule has 7 nitrogen and oxygen atoms in total. The fourth-order valence-electron chi connectivity index (χ4n) is 5.69. The number of nitrogens with one attached hydrogen (secondary N) is 3. The number of aryl methyl sites for hydroxylation is 3. The van der Waals surface area contributed by atoms with Crippen molar-refractivity contribution in [3.63, 3.8) is 0 Å². The predicted octanol–water partition coefficient (Wildman–Crippen LogP) is 6.78. The molecule has 8 heteroatoms. The highest BCUT2D eigenvalue weighted by Crippen LogP contribution is 2.38. The molecular weight excluding hydrogens is 458 g/mol. The van der Waals surface area contributed by atoms with Gasteiger partial charge in [0.1, 0.15) is 5.02 Å². The van der Waals surface area contributed by atoms with Crippen molar-refractivity contribution >= 4 is 34.9 Å². The summed E-state index contributed by atoms with van der Waals surface area (Å²) in [7, 11) is 0. The normalized spacial score (nSPS) is 21.1. The summed E-state index contributed by atoms with van der Waals surface area (Å²) < 4.78 is 0. The van der Waals surface area contributed by atoms with Crippen LogP contribution in [0.1, 0.15) is 73.2 Å². The van der Waals surface area contributed by atoms with E-state index in [9.17, 15) is 0 Å². The number of hydrogen-bond donors (Lipinski definition) is 3. The smallest absolute Gasteiger partial charge is 0.229 e. The van der Waals surface area contributed by atoms with Crippen molar-refractivity contribution in [2.24, 2.45) is 0 Å². The van der Waals surface area contributed by atoms with Crippen LogP contribution in [-0.2, 0) is 0 Å². The highest BCUT2D eigenvalue weighted by molar-refractivity contribution is 6.32. The molecule has 0 amide bonds. The number of nitrogens with zero attached hydrogens (tertiary/aromatic N) is 4. The van der Waals surface area contributed by atoms with Crippen LogP contribution >= 0.6 is 11.6 Å². The van der Waals surface area contributed by atoms with E-state index >= 15 is 0 Å². The molecule has 0 spiro atoms. The maximum atomic E-state index is 6.32. The van der Waals surface area contributed by atoms with Crippen molar-refractivity contribution in [1.82, 2.24) is 25.1 Å². The molecule has 186 valence electrons. The summed E-state index contributed by atoms with van der Waals surface area (Å²) in [4.78, 5) is 11.7. The van der Waals surface area contributed by atoms with E-state index < -0.39 is 0 Å². The van der Waals surface area contributed by atoms with Gasteiger partial charge in [-0.2, -0.15) is 10.1 Å². The Hall–Kier alpha value is -2.64. The number of H-pyrrole nitrogens is 1. The quantitative estimate of drug-likeness (QED) is 0.351. The van der Waals surface area contributed by atoms with Gasteiger partial charge >= 0.3 is 0 Å². The molecule has 2 aliphatic rings. The van der Waals surface area contributed by atoms with Crippen LogP contribution in [0.5, 0.6) is 0 Å². The molecule has 3 N–H and O–H groups in total. The molecule has 1 aromatic carbocycles. The number of piperidine rings is 1. The van der Waals surface area contributed by atoms with Gasteiger partial charge in [-0.1, -0.05) is 24.1 Å². The van der Waals surface area contributed by atoms with E-state index in [2.05, 4.69) is 61.7 Å². The summed E-state index contributed by atoms with van der Waals surface area (Å²) in [6.45, 7) is 8.94. The van der Waals surface area contributed by atoms with Crippen LogP contribution in [0.3, 0.4) is 0 Å². The zero-order valence-corrected chi connectivity index (χ0v) is 21.8. The second-order valence-corrected chi connectivity index (χ2v) is 10.6. The van der Waals surface area contributed by atoms with Gasteiger partial charge in [0.05, 0.1) is 6.20 Å². The van der Waals surface area contributed by atoms with Crippen molar-refractivity contribution in [3.8, 4) is 0 Å². The van der Waals surface area contributed by atoms with Gasteiger partial charge in [0.2, 0.25) is 5.95 Å². The topological polar surface area (TPSA) is 81.8 Å². The molecule has 35 heavy (non-hydrogen) atoms. The van der Waals surface area contributed by atoms with Crippen molar-refractivity contribution in [2.45, 2.75) is 77.7 Å². The lowest BCUT2D eigenvalue weighted by Crippen LogP contribution is -2.41. The maximum Gasteiger partial charge on any atom is 0.229 e. The molecule has 0 atom stereocenters. The molecule has 0 bridgehead atoms. The van der Waals surface area contributed by atoms with Gasteiger partial charge in [-0.15, -0.1) is 0 Å². The molecule has 2 fully saturated rings. The molecule has 0 unspecified atom stereocenters. The van der Waals surface area contributed by atoms with Gasteiger partial charge in [-0.05, 0) is 101 Å². The number of halogens is 1. The van der Waals surface area contributed by atoms with E-state index in [0.29, 0.717) is 28.5 Å². The van der Waals surface area contributed by atoms with Crippen LogP contribution in [0.2, 0.25) is 5.02 Å². The molecule has 1 saturated carbocycles. The Balaban J connectivity index is 1.26. The first-order valence-electron chi connectivity index (χ1n) is 12.9. The van der Waals surface area contributed by atoms with Gasteiger partial charge in [0, 0.05) is 23.5 Å². The standard InChI is InChI=1S/C27H36ClN7/c1-17-14-24(30-27-29-16-23(28)26(32-27)31-25-15-19(3)33-34-25)18(2)13-22(17)20-7-9-21(10-8-20)35-11-5-4-6-12-35/h13-16,20-21H,4-12H2,1-3H3,(H3,29,30,31,32,33,34). The SMILES string of the molecule is Cc1cc(Nc2nc(Nc3cc(C)c(C4CCC(N5CCCCC5)CC4)cc3C)ncc2Cl)n[nH]1. The zero-order chi connectivity index (χ0) is 24.4. The molecule has 1 saturated heterocycles. The van der Waals surface area contributed by atoms with Gasteiger partial charge < -0.3 is 15.5 Å². The maximum absolute atomic E-state index is 6.32. The van der Waals surface area contributed by atoms with Gasteiger partial charge in [0.15, 0.2) is 11.6 Å². The Bertz CT molecular complexity index is 1160. The summed E-state index contributed by atoms with van der Waals surface area (Å²) in [5.41, 5.74) is 6.02. The first-order chi connectivity index (χ1) is 17.0. The van der Waals surface area contributed by atoms with Gasteiger partial charge in [-0.25, -0.2) is 4.98 Å². The molecule has 1 aliphatic heterocycles. The highest BCUT2D eigenvalue weighted by atomic mass is 35.5. The number of benzene rings is 1. The van der Waals surface area contributed by atoms with Gasteiger partial charge in [-0.3, -0.25) is 5.10 Å². The fraction of sp³-hybridized carbons (Fsp3) is 0.519. The number of anilines is 4. The average molecular weight is 494 g/mol. The van der Waals surface area contributed by atoms with Crippen LogP contribution in [0, 0.1) is 20.8 Å². The fourth-order valence-corrected chi connectivity index (χ4v) is 5.83. The Morgan fingerprint density at radius 2 is 1.71 bits per heavy atom. The molecule has 3 heterocycles. The van der Waals surface area contributed by atoms with E-state index in [1.807, 2.05) is 13.0 Å². The van der Waals surface area contributed by atoms with Crippen LogP contribution < -0.4 is 10.6 Å². The minimum atomic E-state index is 0.444. The van der Waals surface area contributed by atoms with E-state index in [1.165, 1.54) is 74.7 Å². The average Bonchev–Trinajstić information content (AvgIpc) is 3.28. The predicted molar refractivity (Wildman–Crippen MR) is 143 cm³/mol. The van der Waals surface area contributed by atoms with Crippen molar-refractivity contribution in [3.05, 3.63) is 51.8 Å². The minimum Gasteiger partial charge on any atom is -0.324 e. The first-order valence-corrected chi connectivity index (χ1v) is 13.3. The summed E-state index contributed by atoms with van der Waals surface area (Å²) in [5.74, 6) is 2.35. The van der Waals surface area contributed by atoms with Crippen LogP contribution in [0.4, 0.5) is 23.3 Å². The van der Waals surface area contributed by atoms with E-state index in [1.54, 1.807) is 6.20 Å². The van der Waals surface area contributed by atoms with Crippen LogP contribution in [0.25, 0.3) is 0 Å². The molecule has 1 aliphatic carbocycles. The lowest BCUT2D eigenvalue weighted by molar-refractivity contribution is 0.125. The zero-order valence-electron chi connectivity index (χ0n) is 21.0. The van der Waals surface area contributed by atoms with Crippen molar-refractivity contribution < 1.29 is 0 Å². The summed E-state index contributed by atoms with van der Waals surface area (Å²) in [6, 6.07) is 7.30. The summed E-state index contributed by atoms with van der Waals surface area (Å²) in [5, 5.41) is 14.1. The monoisotopic (exact) mass is 493 g/mol. The Labute approximate surface area is 213 Å². The second-order valence-electron chi connectivity index (χ2n) is 10.2. The number of rotatable bonds is 6.